The fourth-order valence-corrected chi connectivity index (χ4v) is 3.05. The van der Waals surface area contributed by atoms with Gasteiger partial charge in [-0.15, -0.1) is 0 Å². The predicted octanol–water partition coefficient (Wildman–Crippen LogP) is 4.07. The van der Waals surface area contributed by atoms with Crippen LogP contribution >= 0.6 is 11.6 Å². The molecule has 1 aliphatic heterocycles. The third kappa shape index (κ3) is 2.64. The number of benzene rings is 1. The largest absolute Gasteiger partial charge is 0.495 e. The van der Waals surface area contributed by atoms with Gasteiger partial charge in [-0.1, -0.05) is 31.5 Å². The zero-order valence-corrected chi connectivity index (χ0v) is 14.3. The highest BCUT2D eigenvalue weighted by molar-refractivity contribution is 6.63. The number of halogens is 1. The molecule has 0 unspecified atom stereocenters. The fourth-order valence-electron chi connectivity index (χ4n) is 2.55. The van der Waals surface area contributed by atoms with Gasteiger partial charge in [-0.05, 0) is 63.2 Å². The maximum absolute atomic E-state index is 6.44. The van der Waals surface area contributed by atoms with Crippen molar-refractivity contribution in [3.63, 3.8) is 0 Å². The average Bonchev–Trinajstić information content (AvgIpc) is 2.46. The van der Waals surface area contributed by atoms with E-state index in [1.807, 2.05) is 13.0 Å². The van der Waals surface area contributed by atoms with E-state index in [0.717, 1.165) is 21.6 Å². The molecule has 1 saturated heterocycles. The summed E-state index contributed by atoms with van der Waals surface area (Å²) < 4.78 is 12.3. The molecule has 0 aliphatic carbocycles. The minimum atomic E-state index is -0.352. The highest BCUT2D eigenvalue weighted by Crippen LogP contribution is 2.37. The Kier molecular flexibility index (Phi) is 4.01. The molecule has 0 atom stereocenters. The van der Waals surface area contributed by atoms with Gasteiger partial charge in [0.15, 0.2) is 0 Å². The van der Waals surface area contributed by atoms with E-state index in [0.29, 0.717) is 5.92 Å². The van der Waals surface area contributed by atoms with E-state index in [1.54, 1.807) is 0 Å². The van der Waals surface area contributed by atoms with Crippen molar-refractivity contribution in [1.29, 1.82) is 0 Å². The van der Waals surface area contributed by atoms with Crippen molar-refractivity contribution in [1.82, 2.24) is 0 Å². The molecule has 20 heavy (non-hydrogen) atoms. The molecule has 0 radical (unpaired) electrons. The highest BCUT2D eigenvalue weighted by Gasteiger charge is 2.52. The van der Waals surface area contributed by atoms with Gasteiger partial charge in [0, 0.05) is 5.02 Å². The summed E-state index contributed by atoms with van der Waals surface area (Å²) in [4.78, 5) is 0. The highest BCUT2D eigenvalue weighted by atomic mass is 35.5. The maximum atomic E-state index is 6.44. The van der Waals surface area contributed by atoms with Gasteiger partial charge in [-0.25, -0.2) is 0 Å². The van der Waals surface area contributed by atoms with Gasteiger partial charge in [0.25, 0.3) is 0 Å². The van der Waals surface area contributed by atoms with Crippen LogP contribution in [0.5, 0.6) is 0 Å². The summed E-state index contributed by atoms with van der Waals surface area (Å²) in [6.45, 7) is 14.6. The van der Waals surface area contributed by atoms with Crippen molar-refractivity contribution in [2.45, 2.75) is 65.6 Å². The topological polar surface area (TPSA) is 18.5 Å². The first-order valence-corrected chi connectivity index (χ1v) is 7.58. The molecule has 1 heterocycles. The van der Waals surface area contributed by atoms with Crippen LogP contribution in [0.4, 0.5) is 0 Å². The molecule has 0 aromatic heterocycles. The molecule has 0 bridgehead atoms. The standard InChI is InChI=1S/C16H24BClO2/c1-10(2)14-12(8-11(3)9-13(14)18)17-19-15(4,5)16(6,7)20-17/h8-10H,1-7H3. The van der Waals surface area contributed by atoms with E-state index >= 15 is 0 Å². The van der Waals surface area contributed by atoms with E-state index in [1.165, 1.54) is 0 Å². The van der Waals surface area contributed by atoms with Crippen LogP contribution in [0.3, 0.4) is 0 Å². The molecule has 4 heteroatoms. The van der Waals surface area contributed by atoms with E-state index in [2.05, 4.69) is 47.6 Å². The van der Waals surface area contributed by atoms with Gasteiger partial charge in [-0.3, -0.25) is 0 Å². The number of rotatable bonds is 2. The molecule has 1 aromatic carbocycles. The smallest absolute Gasteiger partial charge is 0.399 e. The first-order valence-electron chi connectivity index (χ1n) is 7.21. The minimum Gasteiger partial charge on any atom is -0.399 e. The Morgan fingerprint density at radius 1 is 1.05 bits per heavy atom. The van der Waals surface area contributed by atoms with E-state index in [-0.39, 0.29) is 18.3 Å². The van der Waals surface area contributed by atoms with Gasteiger partial charge in [-0.2, -0.15) is 0 Å². The lowest BCUT2D eigenvalue weighted by Gasteiger charge is -2.32. The summed E-state index contributed by atoms with van der Waals surface area (Å²) in [5.74, 6) is 0.331. The Bertz CT molecular complexity index is 507. The lowest BCUT2D eigenvalue weighted by atomic mass is 9.73. The Morgan fingerprint density at radius 3 is 2.00 bits per heavy atom. The zero-order chi connectivity index (χ0) is 15.3. The van der Waals surface area contributed by atoms with Crippen LogP contribution in [0.25, 0.3) is 0 Å². The third-order valence-electron chi connectivity index (χ3n) is 4.39. The molecule has 0 N–H and O–H groups in total. The summed E-state index contributed by atoms with van der Waals surface area (Å²) in [6.07, 6.45) is 0. The molecule has 1 aromatic rings. The van der Waals surface area contributed by atoms with Crippen LogP contribution < -0.4 is 5.46 Å². The molecule has 0 spiro atoms. The monoisotopic (exact) mass is 294 g/mol. The molecule has 2 nitrogen and oxygen atoms in total. The van der Waals surface area contributed by atoms with Crippen molar-refractivity contribution in [2.24, 2.45) is 0 Å². The second kappa shape index (κ2) is 5.05. The first-order chi connectivity index (χ1) is 9.05. The number of hydrogen-bond donors (Lipinski definition) is 0. The van der Waals surface area contributed by atoms with E-state index in [4.69, 9.17) is 20.9 Å². The zero-order valence-electron chi connectivity index (χ0n) is 13.5. The van der Waals surface area contributed by atoms with Crippen LogP contribution in [0.15, 0.2) is 12.1 Å². The molecule has 1 fully saturated rings. The normalized spacial score (nSPS) is 20.8. The van der Waals surface area contributed by atoms with Gasteiger partial charge in [0.1, 0.15) is 0 Å². The van der Waals surface area contributed by atoms with Gasteiger partial charge in [0.05, 0.1) is 11.2 Å². The molecular formula is C16H24BClO2. The maximum Gasteiger partial charge on any atom is 0.495 e. The lowest BCUT2D eigenvalue weighted by Crippen LogP contribution is -2.41. The van der Waals surface area contributed by atoms with Crippen molar-refractivity contribution in [3.8, 4) is 0 Å². The summed E-state index contributed by atoms with van der Waals surface area (Å²) in [6, 6.07) is 4.13. The van der Waals surface area contributed by atoms with Crippen LogP contribution in [0.2, 0.25) is 5.02 Å². The van der Waals surface area contributed by atoms with Crippen molar-refractivity contribution >= 4 is 24.2 Å². The Balaban J connectivity index is 2.49. The molecule has 2 rings (SSSR count). The van der Waals surface area contributed by atoms with Crippen LogP contribution in [0, 0.1) is 6.92 Å². The minimum absolute atomic E-state index is 0.331. The van der Waals surface area contributed by atoms with Crippen LogP contribution in [-0.2, 0) is 9.31 Å². The molecule has 110 valence electrons. The van der Waals surface area contributed by atoms with Crippen molar-refractivity contribution < 1.29 is 9.31 Å². The number of hydrogen-bond acceptors (Lipinski definition) is 2. The predicted molar refractivity (Wildman–Crippen MR) is 86.0 cm³/mol. The van der Waals surface area contributed by atoms with E-state index in [9.17, 15) is 0 Å². The summed E-state index contributed by atoms with van der Waals surface area (Å²) in [5, 5.41) is 0.796. The van der Waals surface area contributed by atoms with Gasteiger partial charge < -0.3 is 9.31 Å². The SMILES string of the molecule is Cc1cc(Cl)c(C(C)C)c(B2OC(C)(C)C(C)(C)O2)c1. The van der Waals surface area contributed by atoms with Gasteiger partial charge in [0.2, 0.25) is 0 Å². The fraction of sp³-hybridized carbons (Fsp3) is 0.625. The Labute approximate surface area is 127 Å². The first kappa shape index (κ1) is 15.9. The molecule has 1 aliphatic rings. The second-order valence-corrected chi connectivity index (χ2v) is 7.40. The van der Waals surface area contributed by atoms with Crippen molar-refractivity contribution in [3.05, 3.63) is 28.3 Å². The second-order valence-electron chi connectivity index (χ2n) is 6.99. The van der Waals surface area contributed by atoms with Crippen molar-refractivity contribution in [2.75, 3.05) is 0 Å². The van der Waals surface area contributed by atoms with E-state index < -0.39 is 0 Å². The summed E-state index contributed by atoms with van der Waals surface area (Å²) in [7, 11) is -0.352. The van der Waals surface area contributed by atoms with Crippen LogP contribution in [-0.4, -0.2) is 18.3 Å². The number of aryl methyl sites for hydroxylation is 1. The molecule has 0 saturated carbocycles. The van der Waals surface area contributed by atoms with Crippen LogP contribution in [0.1, 0.15) is 58.6 Å². The summed E-state index contributed by atoms with van der Waals surface area (Å²) >= 11 is 6.44. The Hall–Kier alpha value is -0.505. The molecular weight excluding hydrogens is 270 g/mol. The quantitative estimate of drug-likeness (QED) is 0.766. The summed E-state index contributed by atoms with van der Waals surface area (Å²) in [5.41, 5.74) is 2.65. The third-order valence-corrected chi connectivity index (χ3v) is 4.70. The lowest BCUT2D eigenvalue weighted by molar-refractivity contribution is 0.00578. The average molecular weight is 295 g/mol. The molecule has 0 amide bonds. The Morgan fingerprint density at radius 2 is 1.55 bits per heavy atom. The van der Waals surface area contributed by atoms with Gasteiger partial charge >= 0.3 is 7.12 Å².